The summed E-state index contributed by atoms with van der Waals surface area (Å²) >= 11 is 1.64. The quantitative estimate of drug-likeness (QED) is 0.0635. The molecule has 0 aliphatic carbocycles. The van der Waals surface area contributed by atoms with Crippen LogP contribution in [-0.2, 0) is 30.4 Å². The Balaban J connectivity index is 2.38. The molecule has 0 saturated heterocycles. The number of para-hydroxylation sites is 1. The van der Waals surface area contributed by atoms with Crippen molar-refractivity contribution in [3.63, 3.8) is 0 Å². The van der Waals surface area contributed by atoms with Crippen molar-refractivity contribution in [3.8, 4) is 0 Å². The molecule has 2 rings (SSSR count). The SMILES string of the molecule is CSCC[C@H](C)C(=O)N[C@@H](CCCCN)C(=O)N[C@@H](Cc1c[nH]c2ccccc12)C(=O)N[C@@H](CCCCN)C(=O)N[C@@H](CCCCN)C(=O)O. The van der Waals surface area contributed by atoms with Crippen LogP contribution in [0.1, 0.15) is 76.7 Å². The average Bonchev–Trinajstić information content (AvgIpc) is 3.51. The number of rotatable bonds is 26. The number of carboxylic acid groups (broad SMARTS) is 1. The number of carbonyl (C=O) groups excluding carboxylic acids is 4. The summed E-state index contributed by atoms with van der Waals surface area (Å²) in [7, 11) is 0. The number of thioether (sulfide) groups is 1. The van der Waals surface area contributed by atoms with E-state index in [4.69, 9.17) is 17.2 Å². The number of H-pyrrole nitrogens is 1. The van der Waals surface area contributed by atoms with Gasteiger partial charge in [-0.3, -0.25) is 19.2 Å². The van der Waals surface area contributed by atoms with E-state index >= 15 is 0 Å². The topological polar surface area (TPSA) is 248 Å². The van der Waals surface area contributed by atoms with E-state index in [1.54, 1.807) is 18.0 Å². The highest BCUT2D eigenvalue weighted by molar-refractivity contribution is 7.98. The fourth-order valence-electron chi connectivity index (χ4n) is 5.56. The van der Waals surface area contributed by atoms with Gasteiger partial charge in [-0.05, 0) is 107 Å². The Bertz CT molecular complexity index is 1360. The lowest BCUT2D eigenvalue weighted by atomic mass is 10.0. The third-order valence-corrected chi connectivity index (χ3v) is 9.30. The van der Waals surface area contributed by atoms with Crippen LogP contribution in [0.2, 0.25) is 0 Å². The number of fused-ring (bicyclic) bond motifs is 1. The maximum absolute atomic E-state index is 14.1. The maximum atomic E-state index is 14.1. The Hall–Kier alpha value is -3.66. The van der Waals surface area contributed by atoms with Gasteiger partial charge < -0.3 is 48.6 Å². The van der Waals surface area contributed by atoms with Gasteiger partial charge in [-0.2, -0.15) is 11.8 Å². The predicted octanol–water partition coefficient (Wildman–Crippen LogP) is 1.51. The fourth-order valence-corrected chi connectivity index (χ4v) is 6.15. The summed E-state index contributed by atoms with van der Waals surface area (Å²) in [5.41, 5.74) is 18.6. The van der Waals surface area contributed by atoms with Crippen molar-refractivity contribution < 1.29 is 29.1 Å². The first-order valence-corrected chi connectivity index (χ1v) is 19.0. The molecule has 0 spiro atoms. The molecule has 0 radical (unpaired) electrons. The first-order valence-electron chi connectivity index (χ1n) is 17.6. The number of hydrogen-bond acceptors (Lipinski definition) is 9. The summed E-state index contributed by atoms with van der Waals surface area (Å²) in [5.74, 6) is -2.73. The number of aromatic nitrogens is 1. The number of aliphatic carboxylic acids is 1. The monoisotopic (exact) mass is 718 g/mol. The molecule has 0 fully saturated rings. The predicted molar refractivity (Wildman–Crippen MR) is 198 cm³/mol. The molecule has 14 nitrogen and oxygen atoms in total. The van der Waals surface area contributed by atoms with Crippen molar-refractivity contribution >= 4 is 52.3 Å². The lowest BCUT2D eigenvalue weighted by molar-refractivity contribution is -0.142. The van der Waals surface area contributed by atoms with E-state index in [1.807, 2.05) is 37.4 Å². The molecular weight excluding hydrogens is 661 g/mol. The molecule has 2 aromatic rings. The summed E-state index contributed by atoms with van der Waals surface area (Å²) < 4.78 is 0. The lowest BCUT2D eigenvalue weighted by Crippen LogP contribution is -2.58. The number of nitrogens with two attached hydrogens (primary N) is 3. The molecule has 1 aromatic heterocycles. The van der Waals surface area contributed by atoms with Crippen LogP contribution in [0.15, 0.2) is 30.5 Å². The molecule has 1 aromatic carbocycles. The van der Waals surface area contributed by atoms with Crippen molar-refractivity contribution in [2.24, 2.45) is 23.1 Å². The molecule has 12 N–H and O–H groups in total. The van der Waals surface area contributed by atoms with E-state index in [1.165, 1.54) is 0 Å². The van der Waals surface area contributed by atoms with E-state index in [9.17, 15) is 29.1 Å². The minimum Gasteiger partial charge on any atom is -0.480 e. The highest BCUT2D eigenvalue weighted by Crippen LogP contribution is 2.20. The molecule has 0 bridgehead atoms. The van der Waals surface area contributed by atoms with E-state index in [-0.39, 0.29) is 31.1 Å². The number of amides is 4. The molecule has 1 heterocycles. The molecule has 0 saturated carbocycles. The van der Waals surface area contributed by atoms with Crippen LogP contribution in [0, 0.1) is 5.92 Å². The van der Waals surface area contributed by atoms with Crippen LogP contribution < -0.4 is 38.5 Å². The van der Waals surface area contributed by atoms with Crippen LogP contribution in [0.25, 0.3) is 10.9 Å². The smallest absolute Gasteiger partial charge is 0.326 e. The van der Waals surface area contributed by atoms with Crippen LogP contribution in [-0.4, -0.2) is 95.5 Å². The Morgan fingerprint density at radius 1 is 0.700 bits per heavy atom. The average molecular weight is 719 g/mol. The highest BCUT2D eigenvalue weighted by Gasteiger charge is 2.32. The van der Waals surface area contributed by atoms with Crippen LogP contribution in [0.4, 0.5) is 0 Å². The molecule has 0 aliphatic heterocycles. The van der Waals surface area contributed by atoms with Crippen molar-refractivity contribution in [3.05, 3.63) is 36.0 Å². The number of benzene rings is 1. The Kier molecular flexibility index (Phi) is 20.1. The molecular formula is C35H58N8O6S. The van der Waals surface area contributed by atoms with Gasteiger partial charge in [-0.15, -0.1) is 0 Å². The van der Waals surface area contributed by atoms with Crippen molar-refractivity contribution in [2.75, 3.05) is 31.6 Å². The van der Waals surface area contributed by atoms with Gasteiger partial charge in [0, 0.05) is 29.4 Å². The van der Waals surface area contributed by atoms with Crippen LogP contribution >= 0.6 is 11.8 Å². The van der Waals surface area contributed by atoms with Crippen LogP contribution in [0.5, 0.6) is 0 Å². The van der Waals surface area contributed by atoms with Gasteiger partial charge in [-0.25, -0.2) is 4.79 Å². The zero-order valence-corrected chi connectivity index (χ0v) is 30.3. The number of aromatic amines is 1. The molecule has 280 valence electrons. The number of nitrogens with one attached hydrogen (secondary N) is 5. The van der Waals surface area contributed by atoms with Gasteiger partial charge >= 0.3 is 5.97 Å². The second-order valence-electron chi connectivity index (χ2n) is 12.7. The summed E-state index contributed by atoms with van der Waals surface area (Å²) in [4.78, 5) is 69.6. The Morgan fingerprint density at radius 3 is 1.72 bits per heavy atom. The molecule has 0 unspecified atom stereocenters. The standard InChI is InChI=1S/C35H58N8O6S/c1-23(16-20-50-2)31(44)40-27(13-5-8-17-36)33(46)43-30(21-24-22-39-26-12-4-3-11-25(24)26)34(47)41-28(14-6-9-18-37)32(45)42-29(35(48)49)15-7-10-19-38/h3-4,11-12,22-23,27-30,39H,5-10,13-21,36-38H2,1-2H3,(H,40,44)(H,41,47)(H,42,45)(H,43,46)(H,48,49)/t23-,27-,28-,29-,30-/m0/s1. The maximum Gasteiger partial charge on any atom is 0.326 e. The minimum absolute atomic E-state index is 0.0865. The number of hydrogen-bond donors (Lipinski definition) is 9. The zero-order chi connectivity index (χ0) is 36.9. The first-order chi connectivity index (χ1) is 24.1. The van der Waals surface area contributed by atoms with Crippen LogP contribution in [0.3, 0.4) is 0 Å². The van der Waals surface area contributed by atoms with E-state index in [0.29, 0.717) is 71.0 Å². The number of carbonyl (C=O) groups is 5. The van der Waals surface area contributed by atoms with E-state index < -0.39 is 47.9 Å². The zero-order valence-electron chi connectivity index (χ0n) is 29.5. The highest BCUT2D eigenvalue weighted by atomic mass is 32.2. The minimum atomic E-state index is -1.18. The van der Waals surface area contributed by atoms with Gasteiger partial charge in [0.05, 0.1) is 0 Å². The summed E-state index contributed by atoms with van der Waals surface area (Å²) in [6.45, 7) is 3.03. The van der Waals surface area contributed by atoms with Crippen molar-refractivity contribution in [1.82, 2.24) is 26.3 Å². The van der Waals surface area contributed by atoms with E-state index in [2.05, 4.69) is 26.3 Å². The molecule has 4 amide bonds. The first kappa shape index (κ1) is 42.5. The summed E-state index contributed by atoms with van der Waals surface area (Å²) in [6, 6.07) is 3.30. The largest absolute Gasteiger partial charge is 0.480 e. The summed E-state index contributed by atoms with van der Waals surface area (Å²) in [6.07, 6.45) is 8.66. The molecule has 5 atom stereocenters. The van der Waals surface area contributed by atoms with Gasteiger partial charge in [0.2, 0.25) is 23.6 Å². The Labute approximate surface area is 299 Å². The summed E-state index contributed by atoms with van der Waals surface area (Å²) in [5, 5.41) is 21.7. The van der Waals surface area contributed by atoms with Crippen molar-refractivity contribution in [1.29, 1.82) is 0 Å². The third kappa shape index (κ3) is 14.7. The molecule has 50 heavy (non-hydrogen) atoms. The number of carboxylic acids is 1. The van der Waals surface area contributed by atoms with Gasteiger partial charge in [0.15, 0.2) is 0 Å². The fraction of sp³-hybridized carbons (Fsp3) is 0.629. The lowest BCUT2D eigenvalue weighted by Gasteiger charge is -2.26. The van der Waals surface area contributed by atoms with E-state index in [0.717, 1.165) is 22.2 Å². The Morgan fingerprint density at radius 2 is 1.18 bits per heavy atom. The normalized spacial score (nSPS) is 14.3. The van der Waals surface area contributed by atoms with Gasteiger partial charge in [0.25, 0.3) is 0 Å². The molecule has 15 heteroatoms. The van der Waals surface area contributed by atoms with Crippen molar-refractivity contribution in [2.45, 2.75) is 102 Å². The van der Waals surface area contributed by atoms with Gasteiger partial charge in [0.1, 0.15) is 24.2 Å². The second-order valence-corrected chi connectivity index (χ2v) is 13.7. The second kappa shape index (κ2) is 23.7. The third-order valence-electron chi connectivity index (χ3n) is 8.66. The van der Waals surface area contributed by atoms with Gasteiger partial charge in [-0.1, -0.05) is 25.1 Å². The number of unbranched alkanes of at least 4 members (excludes halogenated alkanes) is 3. The molecule has 0 aliphatic rings.